The standard InChI is InChI=1S/C11H15NO/c13-11-7-3-4-8-12-10-6-2-1-5-9(10)11/h1-2,5-6,11-13H,3-4,7-8H2. The number of rotatable bonds is 0. The molecule has 70 valence electrons. The summed E-state index contributed by atoms with van der Waals surface area (Å²) in [5.74, 6) is 0. The molecule has 0 amide bonds. The highest BCUT2D eigenvalue weighted by Gasteiger charge is 2.13. The molecule has 2 rings (SSSR count). The van der Waals surface area contributed by atoms with E-state index in [1.165, 1.54) is 0 Å². The van der Waals surface area contributed by atoms with E-state index in [4.69, 9.17) is 0 Å². The summed E-state index contributed by atoms with van der Waals surface area (Å²) >= 11 is 0. The molecule has 0 bridgehead atoms. The average molecular weight is 177 g/mol. The number of benzene rings is 1. The fourth-order valence-electron chi connectivity index (χ4n) is 1.79. The summed E-state index contributed by atoms with van der Waals surface area (Å²) in [5, 5.41) is 13.2. The number of para-hydroxylation sites is 1. The molecule has 1 aliphatic rings. The van der Waals surface area contributed by atoms with E-state index in [9.17, 15) is 5.11 Å². The van der Waals surface area contributed by atoms with E-state index in [0.29, 0.717) is 0 Å². The SMILES string of the molecule is OC1CCCCNc2ccccc21. The maximum absolute atomic E-state index is 9.83. The quantitative estimate of drug-likeness (QED) is 0.637. The number of hydrogen-bond donors (Lipinski definition) is 2. The molecule has 13 heavy (non-hydrogen) atoms. The summed E-state index contributed by atoms with van der Waals surface area (Å²) in [4.78, 5) is 0. The van der Waals surface area contributed by atoms with E-state index < -0.39 is 0 Å². The Morgan fingerprint density at radius 2 is 2.08 bits per heavy atom. The second-order valence-corrected chi connectivity index (χ2v) is 3.53. The monoisotopic (exact) mass is 177 g/mol. The third-order valence-electron chi connectivity index (χ3n) is 2.54. The van der Waals surface area contributed by atoms with Crippen molar-refractivity contribution in [1.29, 1.82) is 0 Å². The van der Waals surface area contributed by atoms with Crippen LogP contribution < -0.4 is 5.32 Å². The number of aliphatic hydroxyl groups is 1. The van der Waals surface area contributed by atoms with Crippen molar-refractivity contribution in [2.75, 3.05) is 11.9 Å². The molecule has 1 atom stereocenters. The Balaban J connectivity index is 2.31. The van der Waals surface area contributed by atoms with Crippen molar-refractivity contribution in [3.63, 3.8) is 0 Å². The van der Waals surface area contributed by atoms with Crippen LogP contribution in [0.25, 0.3) is 0 Å². The van der Waals surface area contributed by atoms with Gasteiger partial charge >= 0.3 is 0 Å². The molecule has 0 radical (unpaired) electrons. The number of hydrogen-bond acceptors (Lipinski definition) is 2. The zero-order valence-corrected chi connectivity index (χ0v) is 7.66. The van der Waals surface area contributed by atoms with Gasteiger partial charge in [0, 0.05) is 17.8 Å². The predicted octanol–water partition coefficient (Wildman–Crippen LogP) is 2.32. The Bertz CT molecular complexity index is 285. The molecule has 0 spiro atoms. The van der Waals surface area contributed by atoms with Crippen LogP contribution in [-0.4, -0.2) is 11.7 Å². The summed E-state index contributed by atoms with van der Waals surface area (Å²) < 4.78 is 0. The first kappa shape index (κ1) is 8.57. The first-order valence-corrected chi connectivity index (χ1v) is 4.89. The molecule has 1 aromatic rings. The second-order valence-electron chi connectivity index (χ2n) is 3.53. The molecule has 0 saturated carbocycles. The van der Waals surface area contributed by atoms with E-state index in [2.05, 4.69) is 5.32 Å². The maximum atomic E-state index is 9.83. The van der Waals surface area contributed by atoms with Crippen LogP contribution in [0, 0.1) is 0 Å². The van der Waals surface area contributed by atoms with Gasteiger partial charge in [0.15, 0.2) is 0 Å². The van der Waals surface area contributed by atoms with Gasteiger partial charge in [0.2, 0.25) is 0 Å². The maximum Gasteiger partial charge on any atom is 0.0810 e. The first-order valence-electron chi connectivity index (χ1n) is 4.89. The van der Waals surface area contributed by atoms with Crippen molar-refractivity contribution < 1.29 is 5.11 Å². The fourth-order valence-corrected chi connectivity index (χ4v) is 1.79. The van der Waals surface area contributed by atoms with Gasteiger partial charge in [0.25, 0.3) is 0 Å². The molecule has 0 saturated heterocycles. The van der Waals surface area contributed by atoms with Gasteiger partial charge in [0.1, 0.15) is 0 Å². The van der Waals surface area contributed by atoms with Crippen LogP contribution in [0.2, 0.25) is 0 Å². The Morgan fingerprint density at radius 3 is 3.00 bits per heavy atom. The largest absolute Gasteiger partial charge is 0.388 e. The van der Waals surface area contributed by atoms with Gasteiger partial charge in [0.05, 0.1) is 6.10 Å². The second kappa shape index (κ2) is 3.79. The van der Waals surface area contributed by atoms with E-state index in [1.807, 2.05) is 24.3 Å². The predicted molar refractivity (Wildman–Crippen MR) is 53.7 cm³/mol. The fraction of sp³-hybridized carbons (Fsp3) is 0.455. The lowest BCUT2D eigenvalue weighted by Crippen LogP contribution is -2.10. The van der Waals surface area contributed by atoms with E-state index in [1.54, 1.807) is 0 Å². The van der Waals surface area contributed by atoms with Gasteiger partial charge in [-0.25, -0.2) is 0 Å². The summed E-state index contributed by atoms with van der Waals surface area (Å²) in [6.07, 6.45) is 2.84. The Hall–Kier alpha value is -1.02. The zero-order valence-electron chi connectivity index (χ0n) is 7.66. The van der Waals surface area contributed by atoms with Crippen LogP contribution in [0.4, 0.5) is 5.69 Å². The van der Waals surface area contributed by atoms with E-state index in [0.717, 1.165) is 37.1 Å². The van der Waals surface area contributed by atoms with Crippen molar-refractivity contribution >= 4 is 5.69 Å². The summed E-state index contributed by atoms with van der Waals surface area (Å²) in [6, 6.07) is 8.01. The Morgan fingerprint density at radius 1 is 1.23 bits per heavy atom. The van der Waals surface area contributed by atoms with Crippen molar-refractivity contribution in [2.45, 2.75) is 25.4 Å². The van der Waals surface area contributed by atoms with Crippen LogP contribution in [0.1, 0.15) is 30.9 Å². The minimum Gasteiger partial charge on any atom is -0.388 e. The highest BCUT2D eigenvalue weighted by Crippen LogP contribution is 2.28. The molecule has 1 unspecified atom stereocenters. The minimum atomic E-state index is -0.288. The topological polar surface area (TPSA) is 32.3 Å². The molecule has 0 fully saturated rings. The molecule has 0 aliphatic carbocycles. The van der Waals surface area contributed by atoms with E-state index >= 15 is 0 Å². The van der Waals surface area contributed by atoms with Gasteiger partial charge in [-0.2, -0.15) is 0 Å². The molecule has 2 heteroatoms. The smallest absolute Gasteiger partial charge is 0.0810 e. The summed E-state index contributed by atoms with van der Waals surface area (Å²) in [5.41, 5.74) is 2.14. The van der Waals surface area contributed by atoms with Gasteiger partial charge in [-0.1, -0.05) is 18.2 Å². The number of fused-ring (bicyclic) bond motifs is 1. The zero-order chi connectivity index (χ0) is 9.10. The van der Waals surface area contributed by atoms with Crippen LogP contribution in [-0.2, 0) is 0 Å². The lowest BCUT2D eigenvalue weighted by molar-refractivity contribution is 0.163. The molecule has 2 N–H and O–H groups in total. The number of anilines is 1. The first-order chi connectivity index (χ1) is 6.38. The van der Waals surface area contributed by atoms with Crippen LogP contribution >= 0.6 is 0 Å². The molecule has 0 aromatic heterocycles. The highest BCUT2D eigenvalue weighted by atomic mass is 16.3. The van der Waals surface area contributed by atoms with Crippen molar-refractivity contribution in [2.24, 2.45) is 0 Å². The van der Waals surface area contributed by atoms with Crippen molar-refractivity contribution in [3.8, 4) is 0 Å². The van der Waals surface area contributed by atoms with Crippen molar-refractivity contribution in [1.82, 2.24) is 0 Å². The number of aliphatic hydroxyl groups excluding tert-OH is 1. The van der Waals surface area contributed by atoms with Crippen LogP contribution in [0.5, 0.6) is 0 Å². The minimum absolute atomic E-state index is 0.288. The lowest BCUT2D eigenvalue weighted by Gasteiger charge is -2.19. The van der Waals surface area contributed by atoms with Gasteiger partial charge in [-0.05, 0) is 25.3 Å². The van der Waals surface area contributed by atoms with Gasteiger partial charge < -0.3 is 10.4 Å². The normalized spacial score (nSPS) is 22.4. The van der Waals surface area contributed by atoms with E-state index in [-0.39, 0.29) is 6.10 Å². The highest BCUT2D eigenvalue weighted by molar-refractivity contribution is 5.52. The molecule has 1 aromatic carbocycles. The molecular weight excluding hydrogens is 162 g/mol. The molecule has 1 heterocycles. The van der Waals surface area contributed by atoms with Crippen LogP contribution in [0.3, 0.4) is 0 Å². The Labute approximate surface area is 78.6 Å². The van der Waals surface area contributed by atoms with Crippen LogP contribution in [0.15, 0.2) is 24.3 Å². The van der Waals surface area contributed by atoms with Crippen molar-refractivity contribution in [3.05, 3.63) is 29.8 Å². The Kier molecular flexibility index (Phi) is 2.50. The van der Waals surface area contributed by atoms with Gasteiger partial charge in [-0.3, -0.25) is 0 Å². The molecule has 2 nitrogen and oxygen atoms in total. The van der Waals surface area contributed by atoms with Gasteiger partial charge in [-0.15, -0.1) is 0 Å². The molecule has 1 aliphatic heterocycles. The third kappa shape index (κ3) is 1.83. The molecular formula is C11H15NO. The third-order valence-corrected chi connectivity index (χ3v) is 2.54. The number of nitrogens with one attached hydrogen (secondary N) is 1. The lowest BCUT2D eigenvalue weighted by atomic mass is 10.00. The average Bonchev–Trinajstić information content (AvgIpc) is 2.14. The summed E-state index contributed by atoms with van der Waals surface area (Å²) in [7, 11) is 0. The summed E-state index contributed by atoms with van der Waals surface area (Å²) in [6.45, 7) is 1.02.